The summed E-state index contributed by atoms with van der Waals surface area (Å²) in [7, 11) is -3.77. The molecule has 2 aromatic heterocycles. The zero-order valence-electron chi connectivity index (χ0n) is 12.5. The number of aromatic nitrogens is 3. The standard InChI is InChI=1S/C15H13ClN4O3S/c1-10-7-15(21)20(18-10)14-6-5-12(9-17-14)19-24(22,23)13-4-2-3-11(16)8-13/h2-9,18-19H,1H3. The van der Waals surface area contributed by atoms with Crippen molar-refractivity contribution in [3.05, 3.63) is 69.7 Å². The highest BCUT2D eigenvalue weighted by atomic mass is 35.5. The number of rotatable bonds is 4. The van der Waals surface area contributed by atoms with Crippen LogP contribution in [0.1, 0.15) is 5.69 Å². The quantitative estimate of drug-likeness (QED) is 0.742. The number of aromatic amines is 1. The van der Waals surface area contributed by atoms with Gasteiger partial charge in [-0.1, -0.05) is 17.7 Å². The second-order valence-corrected chi connectivity index (χ2v) is 7.20. The second-order valence-electron chi connectivity index (χ2n) is 5.08. The Balaban J connectivity index is 1.86. The molecule has 3 rings (SSSR count). The summed E-state index contributed by atoms with van der Waals surface area (Å²) in [5.74, 6) is 0.360. The highest BCUT2D eigenvalue weighted by molar-refractivity contribution is 7.92. The van der Waals surface area contributed by atoms with Gasteiger partial charge in [0.1, 0.15) is 0 Å². The maximum atomic E-state index is 12.3. The Morgan fingerprint density at radius 1 is 1.21 bits per heavy atom. The van der Waals surface area contributed by atoms with E-state index in [4.69, 9.17) is 11.6 Å². The van der Waals surface area contributed by atoms with Crippen LogP contribution in [0.3, 0.4) is 0 Å². The molecule has 0 aliphatic carbocycles. The fourth-order valence-corrected chi connectivity index (χ4v) is 3.45. The third-order valence-electron chi connectivity index (χ3n) is 3.18. The number of halogens is 1. The molecule has 0 radical (unpaired) electrons. The lowest BCUT2D eigenvalue weighted by molar-refractivity contribution is 0.601. The molecule has 7 nitrogen and oxygen atoms in total. The molecule has 124 valence electrons. The third-order valence-corrected chi connectivity index (χ3v) is 4.80. The average molecular weight is 365 g/mol. The lowest BCUT2D eigenvalue weighted by Gasteiger charge is -2.09. The van der Waals surface area contributed by atoms with Crippen LogP contribution in [0.2, 0.25) is 5.02 Å². The van der Waals surface area contributed by atoms with Crippen molar-refractivity contribution in [3.8, 4) is 5.82 Å². The normalized spacial score (nSPS) is 11.4. The van der Waals surface area contributed by atoms with Crippen molar-refractivity contribution in [1.29, 1.82) is 0 Å². The summed E-state index contributed by atoms with van der Waals surface area (Å²) in [6.07, 6.45) is 1.33. The lowest BCUT2D eigenvalue weighted by Crippen LogP contribution is -2.16. The summed E-state index contributed by atoms with van der Waals surface area (Å²) in [6.45, 7) is 1.76. The molecule has 0 saturated carbocycles. The van der Waals surface area contributed by atoms with Crippen LogP contribution in [-0.4, -0.2) is 23.2 Å². The van der Waals surface area contributed by atoms with Gasteiger partial charge < -0.3 is 0 Å². The van der Waals surface area contributed by atoms with Crippen molar-refractivity contribution in [2.24, 2.45) is 0 Å². The minimum Gasteiger partial charge on any atom is -0.294 e. The van der Waals surface area contributed by atoms with Crippen LogP contribution in [0.4, 0.5) is 5.69 Å². The van der Waals surface area contributed by atoms with Crippen LogP contribution in [0.15, 0.2) is 58.4 Å². The van der Waals surface area contributed by atoms with E-state index in [9.17, 15) is 13.2 Å². The Bertz CT molecular complexity index is 1040. The van der Waals surface area contributed by atoms with E-state index < -0.39 is 10.0 Å². The van der Waals surface area contributed by atoms with Crippen LogP contribution in [0.25, 0.3) is 5.82 Å². The molecule has 0 spiro atoms. The van der Waals surface area contributed by atoms with Crippen molar-refractivity contribution in [3.63, 3.8) is 0 Å². The van der Waals surface area contributed by atoms with Crippen LogP contribution in [0, 0.1) is 6.92 Å². The van der Waals surface area contributed by atoms with Crippen molar-refractivity contribution < 1.29 is 8.42 Å². The van der Waals surface area contributed by atoms with Crippen molar-refractivity contribution in [1.82, 2.24) is 14.8 Å². The molecular formula is C15H13ClN4O3S. The third kappa shape index (κ3) is 3.34. The molecular weight excluding hydrogens is 352 g/mol. The Morgan fingerprint density at radius 3 is 2.58 bits per heavy atom. The minimum atomic E-state index is -3.77. The number of nitrogens with zero attached hydrogens (tertiary/aromatic N) is 2. The number of aryl methyl sites for hydroxylation is 1. The van der Waals surface area contributed by atoms with Crippen LogP contribution in [-0.2, 0) is 10.0 Å². The molecule has 2 heterocycles. The number of benzene rings is 1. The number of anilines is 1. The van der Waals surface area contributed by atoms with Gasteiger partial charge in [-0.15, -0.1) is 0 Å². The maximum Gasteiger partial charge on any atom is 0.272 e. The fraction of sp³-hybridized carbons (Fsp3) is 0.0667. The summed E-state index contributed by atoms with van der Waals surface area (Å²) >= 11 is 5.82. The number of hydrogen-bond acceptors (Lipinski definition) is 4. The highest BCUT2D eigenvalue weighted by Crippen LogP contribution is 2.19. The topological polar surface area (TPSA) is 96.8 Å². The molecule has 0 aliphatic heterocycles. The molecule has 0 aliphatic rings. The molecule has 9 heteroatoms. The van der Waals surface area contributed by atoms with Crippen LogP contribution in [0.5, 0.6) is 0 Å². The first kappa shape index (κ1) is 16.3. The number of sulfonamides is 1. The number of nitrogens with one attached hydrogen (secondary N) is 2. The predicted octanol–water partition coefficient (Wildman–Crippen LogP) is 2.32. The number of H-pyrrole nitrogens is 1. The van der Waals surface area contributed by atoms with E-state index in [0.29, 0.717) is 16.5 Å². The Labute approximate surface area is 143 Å². The van der Waals surface area contributed by atoms with Gasteiger partial charge in [-0.25, -0.2) is 18.1 Å². The van der Waals surface area contributed by atoms with Gasteiger partial charge in [-0.05, 0) is 37.3 Å². The largest absolute Gasteiger partial charge is 0.294 e. The summed E-state index contributed by atoms with van der Waals surface area (Å²) in [4.78, 5) is 15.9. The molecule has 0 bridgehead atoms. The highest BCUT2D eigenvalue weighted by Gasteiger charge is 2.15. The molecule has 2 N–H and O–H groups in total. The Hall–Kier alpha value is -2.58. The van der Waals surface area contributed by atoms with Gasteiger partial charge in [0.2, 0.25) is 0 Å². The van der Waals surface area contributed by atoms with Crippen LogP contribution < -0.4 is 10.3 Å². The van der Waals surface area contributed by atoms with E-state index in [-0.39, 0.29) is 16.1 Å². The molecule has 24 heavy (non-hydrogen) atoms. The van der Waals surface area contributed by atoms with E-state index >= 15 is 0 Å². The average Bonchev–Trinajstić information content (AvgIpc) is 2.86. The van der Waals surface area contributed by atoms with Gasteiger partial charge in [0.25, 0.3) is 15.6 Å². The van der Waals surface area contributed by atoms with Crippen molar-refractivity contribution in [2.75, 3.05) is 4.72 Å². The molecule has 3 aromatic rings. The first-order valence-corrected chi connectivity index (χ1v) is 8.75. The molecule has 0 fully saturated rings. The van der Waals surface area contributed by atoms with Crippen molar-refractivity contribution >= 4 is 27.3 Å². The summed E-state index contributed by atoms with van der Waals surface area (Å²) < 4.78 is 28.3. The monoisotopic (exact) mass is 364 g/mol. The second kappa shape index (κ2) is 6.14. The van der Waals surface area contributed by atoms with E-state index in [1.54, 1.807) is 19.1 Å². The number of hydrogen-bond donors (Lipinski definition) is 2. The van der Waals surface area contributed by atoms with E-state index in [2.05, 4.69) is 14.8 Å². The summed E-state index contributed by atoms with van der Waals surface area (Å²) in [5.41, 5.74) is 0.731. The van der Waals surface area contributed by atoms with Gasteiger partial charge in [-0.3, -0.25) is 14.6 Å². The van der Waals surface area contributed by atoms with Gasteiger partial charge in [0.05, 0.1) is 16.8 Å². The molecule has 0 amide bonds. The summed E-state index contributed by atoms with van der Waals surface area (Å²) in [6, 6.07) is 10.4. The lowest BCUT2D eigenvalue weighted by atomic mass is 10.4. The van der Waals surface area contributed by atoms with Gasteiger partial charge in [0, 0.05) is 16.8 Å². The predicted molar refractivity (Wildman–Crippen MR) is 91.2 cm³/mol. The smallest absolute Gasteiger partial charge is 0.272 e. The van der Waals surface area contributed by atoms with Crippen molar-refractivity contribution in [2.45, 2.75) is 11.8 Å². The minimum absolute atomic E-state index is 0.0512. The number of pyridine rings is 1. The zero-order chi connectivity index (χ0) is 17.3. The van der Waals surface area contributed by atoms with E-state index in [1.165, 1.54) is 41.2 Å². The maximum absolute atomic E-state index is 12.3. The molecule has 0 saturated heterocycles. The first-order chi connectivity index (χ1) is 11.3. The SMILES string of the molecule is Cc1cc(=O)n(-c2ccc(NS(=O)(=O)c3cccc(Cl)c3)cn2)[nH]1. The van der Waals surface area contributed by atoms with Crippen LogP contribution >= 0.6 is 11.6 Å². The molecule has 0 atom stereocenters. The first-order valence-electron chi connectivity index (χ1n) is 6.89. The zero-order valence-corrected chi connectivity index (χ0v) is 14.1. The van der Waals surface area contributed by atoms with Gasteiger partial charge in [0.15, 0.2) is 5.82 Å². The molecule has 0 unspecified atom stereocenters. The van der Waals surface area contributed by atoms with E-state index in [1.807, 2.05) is 0 Å². The summed E-state index contributed by atoms with van der Waals surface area (Å²) in [5, 5.41) is 3.18. The van der Waals surface area contributed by atoms with Gasteiger partial charge in [-0.2, -0.15) is 0 Å². The Kier molecular flexibility index (Phi) is 4.16. The fourth-order valence-electron chi connectivity index (χ4n) is 2.11. The van der Waals surface area contributed by atoms with E-state index in [0.717, 1.165) is 0 Å². The Morgan fingerprint density at radius 2 is 2.00 bits per heavy atom. The van der Waals surface area contributed by atoms with Gasteiger partial charge >= 0.3 is 0 Å². The molecule has 1 aromatic carbocycles.